The minimum Gasteiger partial charge on any atom is -0.494 e. The van der Waals surface area contributed by atoms with Crippen molar-refractivity contribution < 1.29 is 21.2 Å². The van der Waals surface area contributed by atoms with Crippen LogP contribution in [0, 0.1) is 13.8 Å². The Morgan fingerprint density at radius 3 is 2.11 bits per heavy atom. The Morgan fingerprint density at radius 1 is 1.07 bits per heavy atom. The van der Waals surface area contributed by atoms with Crippen LogP contribution in [0.3, 0.4) is 0 Å². The summed E-state index contributed by atoms with van der Waals surface area (Å²) in [6.45, 7) is 7.09. The van der Waals surface area contributed by atoms with E-state index in [0.717, 1.165) is 37.0 Å². The van der Waals surface area contributed by atoms with E-state index in [2.05, 4.69) is 43.4 Å². The number of rotatable bonds is 6. The van der Waals surface area contributed by atoms with E-state index in [1.165, 1.54) is 23.7 Å². The van der Waals surface area contributed by atoms with Crippen molar-refractivity contribution in [1.82, 2.24) is 0 Å². The molecule has 0 fully saturated rings. The number of hydrogen-bond donors (Lipinski definition) is 1. The van der Waals surface area contributed by atoms with Crippen LogP contribution >= 0.6 is 0 Å². The summed E-state index contributed by atoms with van der Waals surface area (Å²) in [6, 6.07) is 11.9. The predicted molar refractivity (Wildman–Crippen MR) is 116 cm³/mol. The fraction of sp³-hybridized carbons (Fsp3) is 0.409. The first-order valence-corrected chi connectivity index (χ1v) is 8.84. The molecule has 154 valence electrons. The van der Waals surface area contributed by atoms with Crippen molar-refractivity contribution in [3.05, 3.63) is 53.1 Å². The Balaban J connectivity index is -0.000000815. The van der Waals surface area contributed by atoms with Gasteiger partial charge in [-0.3, -0.25) is 4.79 Å². The molecule has 27 heavy (non-hydrogen) atoms. The molecule has 2 rings (SSSR count). The van der Waals surface area contributed by atoms with Crippen LogP contribution in [-0.4, -0.2) is 39.6 Å². The van der Waals surface area contributed by atoms with Gasteiger partial charge in [-0.25, -0.2) is 0 Å². The highest BCUT2D eigenvalue weighted by Crippen LogP contribution is 2.31. The van der Waals surface area contributed by atoms with Crippen LogP contribution in [0.4, 0.5) is 0 Å². The van der Waals surface area contributed by atoms with Crippen LogP contribution in [0.25, 0.3) is 11.1 Å². The number of benzene rings is 2. The fourth-order valence-corrected chi connectivity index (χ4v) is 2.56. The van der Waals surface area contributed by atoms with Crippen LogP contribution in [0.15, 0.2) is 36.4 Å². The molecule has 0 unspecified atom stereocenters. The van der Waals surface area contributed by atoms with Crippen molar-refractivity contribution in [1.29, 1.82) is 0 Å². The lowest BCUT2D eigenvalue weighted by molar-refractivity contribution is 0.112. The zero-order valence-electron chi connectivity index (χ0n) is 17.5. The highest BCUT2D eigenvalue weighted by atomic mass is 16.5. The van der Waals surface area contributed by atoms with Crippen LogP contribution in [-0.2, 0) is 4.74 Å². The lowest BCUT2D eigenvalue weighted by Gasteiger charge is -2.14. The van der Waals surface area contributed by atoms with Gasteiger partial charge in [-0.2, -0.15) is 0 Å². The number of carbonyl (C=O) groups is 1. The quantitative estimate of drug-likeness (QED) is 0.600. The first-order valence-electron chi connectivity index (χ1n) is 8.84. The summed E-state index contributed by atoms with van der Waals surface area (Å²) in [4.78, 5) is 10.9. The molecule has 0 aliphatic heterocycles. The van der Waals surface area contributed by atoms with Gasteiger partial charge < -0.3 is 20.7 Å². The number of carbonyl (C=O) groups excluding carboxylic acids is 1. The fourth-order valence-electron chi connectivity index (χ4n) is 2.56. The first-order chi connectivity index (χ1) is 12.6. The van der Waals surface area contributed by atoms with Gasteiger partial charge in [0, 0.05) is 21.2 Å². The Bertz CT molecular complexity index is 640. The second-order valence-electron chi connectivity index (χ2n) is 5.79. The second kappa shape index (κ2) is 16.0. The molecule has 5 heteroatoms. The van der Waals surface area contributed by atoms with Gasteiger partial charge in [-0.15, -0.1) is 0 Å². The molecule has 0 radical (unpaired) electrons. The predicted octanol–water partition coefficient (Wildman–Crippen LogP) is 4.22. The minimum atomic E-state index is 0. The van der Waals surface area contributed by atoms with E-state index in [4.69, 9.17) is 4.74 Å². The lowest BCUT2D eigenvalue weighted by Crippen LogP contribution is -1.98. The summed E-state index contributed by atoms with van der Waals surface area (Å²) in [6.07, 6.45) is 3.09. The van der Waals surface area contributed by atoms with Crippen molar-refractivity contribution in [3.63, 3.8) is 0 Å². The standard InChI is InChI=1S/C19H22O2.C2H6O.CH5N.H2O.H2/c1-4-5-9-21-18-10-14(2)19(15(3)11-18)17-8-6-7-16(12-17)13-20;1-3-2;1-2;;/h6-8,10-13H,4-5,9H2,1-3H3;1-2H3;2H2,1H3;1H2;1H. The van der Waals surface area contributed by atoms with Crippen molar-refractivity contribution >= 4 is 6.29 Å². The van der Waals surface area contributed by atoms with Gasteiger partial charge in [0.25, 0.3) is 0 Å². The molecule has 0 amide bonds. The Hall–Kier alpha value is -2.21. The molecule has 0 spiro atoms. The molecule has 0 aromatic heterocycles. The molecule has 0 heterocycles. The number of aldehydes is 1. The van der Waals surface area contributed by atoms with Gasteiger partial charge in [-0.1, -0.05) is 31.5 Å². The van der Waals surface area contributed by atoms with Crippen molar-refractivity contribution in [2.45, 2.75) is 33.6 Å². The summed E-state index contributed by atoms with van der Waals surface area (Å²) < 4.78 is 10.0. The maximum Gasteiger partial charge on any atom is 0.150 e. The van der Waals surface area contributed by atoms with Gasteiger partial charge >= 0.3 is 0 Å². The van der Waals surface area contributed by atoms with E-state index in [9.17, 15) is 4.79 Å². The Labute approximate surface area is 165 Å². The van der Waals surface area contributed by atoms with E-state index in [0.29, 0.717) is 5.56 Å². The van der Waals surface area contributed by atoms with Crippen LogP contribution in [0.2, 0.25) is 0 Å². The van der Waals surface area contributed by atoms with E-state index >= 15 is 0 Å². The van der Waals surface area contributed by atoms with Gasteiger partial charge in [0.05, 0.1) is 6.61 Å². The van der Waals surface area contributed by atoms with Crippen LogP contribution in [0.1, 0.15) is 42.7 Å². The molecular weight excluding hydrogens is 342 g/mol. The zero-order chi connectivity index (χ0) is 19.9. The number of unbranched alkanes of at least 4 members (excludes halogenated alkanes) is 1. The zero-order valence-corrected chi connectivity index (χ0v) is 17.5. The van der Waals surface area contributed by atoms with E-state index < -0.39 is 0 Å². The molecule has 2 aromatic rings. The van der Waals surface area contributed by atoms with Gasteiger partial charge in [0.1, 0.15) is 12.0 Å². The van der Waals surface area contributed by atoms with Gasteiger partial charge in [0.2, 0.25) is 0 Å². The van der Waals surface area contributed by atoms with Crippen molar-refractivity contribution in [3.8, 4) is 16.9 Å². The van der Waals surface area contributed by atoms with Crippen molar-refractivity contribution in [2.24, 2.45) is 5.73 Å². The Morgan fingerprint density at radius 2 is 1.63 bits per heavy atom. The molecule has 5 nitrogen and oxygen atoms in total. The normalized spacial score (nSPS) is 9.00. The lowest BCUT2D eigenvalue weighted by atomic mass is 9.94. The van der Waals surface area contributed by atoms with E-state index in [1.807, 2.05) is 24.3 Å². The minimum absolute atomic E-state index is 0. The number of methoxy groups -OCH3 is 1. The molecule has 4 N–H and O–H groups in total. The molecule has 0 aliphatic rings. The first kappa shape index (κ1) is 27.0. The highest BCUT2D eigenvalue weighted by molar-refractivity contribution is 5.80. The SMILES string of the molecule is CCCCOc1cc(C)c(-c2cccc(C=O)c2)c(C)c1.CN.COC.O.[HH]. The van der Waals surface area contributed by atoms with Crippen LogP contribution < -0.4 is 10.5 Å². The molecule has 0 aliphatic carbocycles. The molecule has 2 aromatic carbocycles. The molecular formula is C22H37NO4. The maximum absolute atomic E-state index is 10.9. The molecule has 0 saturated heterocycles. The third-order valence-corrected chi connectivity index (χ3v) is 3.58. The number of aryl methyl sites for hydroxylation is 2. The summed E-state index contributed by atoms with van der Waals surface area (Å²) in [7, 11) is 4.75. The summed E-state index contributed by atoms with van der Waals surface area (Å²) in [5.74, 6) is 0.925. The number of hydrogen-bond acceptors (Lipinski definition) is 4. The van der Waals surface area contributed by atoms with E-state index in [-0.39, 0.29) is 6.90 Å². The summed E-state index contributed by atoms with van der Waals surface area (Å²) >= 11 is 0. The monoisotopic (exact) mass is 379 g/mol. The third kappa shape index (κ3) is 9.33. The van der Waals surface area contributed by atoms with Gasteiger partial charge in [0.15, 0.2) is 0 Å². The molecule has 0 atom stereocenters. The van der Waals surface area contributed by atoms with Crippen LogP contribution in [0.5, 0.6) is 5.75 Å². The third-order valence-electron chi connectivity index (χ3n) is 3.58. The topological polar surface area (TPSA) is 93.0 Å². The smallest absolute Gasteiger partial charge is 0.150 e. The summed E-state index contributed by atoms with van der Waals surface area (Å²) in [5.41, 5.74) is 9.81. The Kier molecular flexibility index (Phi) is 16.0. The number of ether oxygens (including phenoxy) is 2. The average molecular weight is 380 g/mol. The number of nitrogens with two attached hydrogens (primary N) is 1. The molecule has 0 saturated carbocycles. The summed E-state index contributed by atoms with van der Waals surface area (Å²) in [5, 5.41) is 0. The maximum atomic E-state index is 10.9. The van der Waals surface area contributed by atoms with Crippen molar-refractivity contribution in [2.75, 3.05) is 27.9 Å². The van der Waals surface area contributed by atoms with E-state index in [1.54, 1.807) is 14.2 Å². The average Bonchev–Trinajstić information content (AvgIpc) is 2.64. The van der Waals surface area contributed by atoms with Gasteiger partial charge in [-0.05, 0) is 67.8 Å². The molecule has 0 bridgehead atoms. The second-order valence-corrected chi connectivity index (χ2v) is 5.79. The largest absolute Gasteiger partial charge is 0.494 e. The highest BCUT2D eigenvalue weighted by Gasteiger charge is 2.09.